The van der Waals surface area contributed by atoms with E-state index in [0.29, 0.717) is 30.1 Å². The Morgan fingerprint density at radius 1 is 1.28 bits per heavy atom. The summed E-state index contributed by atoms with van der Waals surface area (Å²) in [4.78, 5) is 29.9. The molecule has 0 saturated carbocycles. The van der Waals surface area contributed by atoms with E-state index in [1.165, 1.54) is 19.2 Å². The zero-order chi connectivity index (χ0) is 18.0. The van der Waals surface area contributed by atoms with Crippen molar-refractivity contribution in [2.75, 3.05) is 23.9 Å². The van der Waals surface area contributed by atoms with Gasteiger partial charge in [0.05, 0.1) is 17.8 Å². The van der Waals surface area contributed by atoms with Gasteiger partial charge in [-0.05, 0) is 30.7 Å². The first-order valence-electron chi connectivity index (χ1n) is 7.61. The average molecular weight is 380 g/mol. The summed E-state index contributed by atoms with van der Waals surface area (Å²) in [5, 5.41) is 3.08. The van der Waals surface area contributed by atoms with Crippen LogP contribution < -0.4 is 15.0 Å². The van der Waals surface area contributed by atoms with Crippen LogP contribution in [-0.4, -0.2) is 30.5 Å². The van der Waals surface area contributed by atoms with Crippen molar-refractivity contribution in [3.05, 3.63) is 46.2 Å². The zero-order valence-corrected chi connectivity index (χ0v) is 14.9. The Labute approximate surface area is 154 Å². The van der Waals surface area contributed by atoms with Crippen LogP contribution in [-0.2, 0) is 4.79 Å². The number of carbonyl (C=O) groups excluding carboxylic acids is 2. The molecule has 1 aliphatic rings. The maximum Gasteiger partial charge on any atom is 0.275 e. The lowest BCUT2D eigenvalue weighted by Crippen LogP contribution is -2.24. The van der Waals surface area contributed by atoms with Crippen molar-refractivity contribution in [1.82, 2.24) is 4.98 Å². The molecule has 130 valence electrons. The molecule has 1 saturated heterocycles. The first-order valence-corrected chi connectivity index (χ1v) is 8.37. The summed E-state index contributed by atoms with van der Waals surface area (Å²) in [6.07, 6.45) is 1.35. The number of aromatic nitrogens is 1. The molecule has 2 amide bonds. The SMILES string of the molecule is COc1cc(NC(=O)c2nc(Cl)ccc2Cl)ccc1N1CCCC1=O. The molecule has 2 aromatic rings. The predicted molar refractivity (Wildman–Crippen MR) is 96.8 cm³/mol. The number of halogens is 2. The third-order valence-corrected chi connectivity index (χ3v) is 4.34. The summed E-state index contributed by atoms with van der Waals surface area (Å²) in [7, 11) is 1.51. The Kier molecular flexibility index (Phi) is 5.11. The molecule has 8 heteroatoms. The van der Waals surface area contributed by atoms with Crippen LogP contribution in [0.5, 0.6) is 5.75 Å². The van der Waals surface area contributed by atoms with Gasteiger partial charge in [-0.1, -0.05) is 23.2 Å². The molecule has 25 heavy (non-hydrogen) atoms. The zero-order valence-electron chi connectivity index (χ0n) is 13.4. The number of benzene rings is 1. The van der Waals surface area contributed by atoms with Crippen molar-refractivity contribution < 1.29 is 14.3 Å². The molecule has 0 bridgehead atoms. The number of amides is 2. The van der Waals surface area contributed by atoms with E-state index in [1.807, 2.05) is 0 Å². The van der Waals surface area contributed by atoms with Gasteiger partial charge < -0.3 is 15.0 Å². The fourth-order valence-electron chi connectivity index (χ4n) is 2.65. The van der Waals surface area contributed by atoms with Crippen LogP contribution >= 0.6 is 23.2 Å². The van der Waals surface area contributed by atoms with Crippen molar-refractivity contribution in [2.24, 2.45) is 0 Å². The van der Waals surface area contributed by atoms with E-state index < -0.39 is 5.91 Å². The third kappa shape index (κ3) is 3.70. The minimum atomic E-state index is -0.487. The van der Waals surface area contributed by atoms with Crippen molar-refractivity contribution in [1.29, 1.82) is 0 Å². The van der Waals surface area contributed by atoms with Gasteiger partial charge >= 0.3 is 0 Å². The fraction of sp³-hybridized carbons (Fsp3) is 0.235. The molecule has 1 aromatic carbocycles. The van der Waals surface area contributed by atoms with Crippen LogP contribution in [0.2, 0.25) is 10.2 Å². The van der Waals surface area contributed by atoms with E-state index in [9.17, 15) is 9.59 Å². The van der Waals surface area contributed by atoms with Crippen LogP contribution in [0, 0.1) is 0 Å². The lowest BCUT2D eigenvalue weighted by molar-refractivity contribution is -0.117. The number of anilines is 2. The van der Waals surface area contributed by atoms with Crippen LogP contribution in [0.3, 0.4) is 0 Å². The third-order valence-electron chi connectivity index (χ3n) is 3.83. The van der Waals surface area contributed by atoms with Crippen molar-refractivity contribution in [3.8, 4) is 5.75 Å². The van der Waals surface area contributed by atoms with E-state index in [2.05, 4.69) is 10.3 Å². The van der Waals surface area contributed by atoms with Gasteiger partial charge in [-0.25, -0.2) is 4.98 Å². The topological polar surface area (TPSA) is 71.5 Å². The molecular weight excluding hydrogens is 365 g/mol. The average Bonchev–Trinajstić information content (AvgIpc) is 3.02. The van der Waals surface area contributed by atoms with Gasteiger partial charge in [-0.15, -0.1) is 0 Å². The van der Waals surface area contributed by atoms with E-state index in [1.54, 1.807) is 23.1 Å². The van der Waals surface area contributed by atoms with Gasteiger partial charge in [0.15, 0.2) is 0 Å². The summed E-state index contributed by atoms with van der Waals surface area (Å²) in [5.41, 5.74) is 1.21. The minimum absolute atomic E-state index is 0.0342. The Balaban J connectivity index is 1.85. The first-order chi connectivity index (χ1) is 12.0. The Bertz CT molecular complexity index is 842. The normalized spacial score (nSPS) is 13.9. The Hall–Kier alpha value is -2.31. The Morgan fingerprint density at radius 3 is 2.76 bits per heavy atom. The molecule has 1 fully saturated rings. The molecule has 2 heterocycles. The van der Waals surface area contributed by atoms with Crippen molar-refractivity contribution in [3.63, 3.8) is 0 Å². The predicted octanol–water partition coefficient (Wildman–Crippen LogP) is 3.78. The van der Waals surface area contributed by atoms with Crippen molar-refractivity contribution >= 4 is 46.4 Å². The van der Waals surface area contributed by atoms with Gasteiger partial charge in [0.2, 0.25) is 5.91 Å². The number of nitrogens with zero attached hydrogens (tertiary/aromatic N) is 2. The number of methoxy groups -OCH3 is 1. The largest absolute Gasteiger partial charge is 0.494 e. The van der Waals surface area contributed by atoms with E-state index in [4.69, 9.17) is 27.9 Å². The van der Waals surface area contributed by atoms with Crippen LogP contribution in [0.15, 0.2) is 30.3 Å². The molecule has 0 atom stereocenters. The molecule has 1 aliphatic heterocycles. The number of nitrogens with one attached hydrogen (secondary N) is 1. The van der Waals surface area contributed by atoms with Crippen LogP contribution in [0.1, 0.15) is 23.3 Å². The van der Waals surface area contributed by atoms with E-state index in [0.717, 1.165) is 6.42 Å². The molecular formula is C17H15Cl2N3O3. The molecule has 1 N–H and O–H groups in total. The summed E-state index contributed by atoms with van der Waals surface area (Å²) in [6.45, 7) is 0.656. The van der Waals surface area contributed by atoms with Crippen molar-refractivity contribution in [2.45, 2.75) is 12.8 Å². The maximum atomic E-state index is 12.4. The second kappa shape index (κ2) is 7.29. The second-order valence-electron chi connectivity index (χ2n) is 5.45. The van der Waals surface area contributed by atoms with E-state index >= 15 is 0 Å². The van der Waals surface area contributed by atoms with Crippen LogP contribution in [0.25, 0.3) is 0 Å². The quantitative estimate of drug-likeness (QED) is 0.820. The lowest BCUT2D eigenvalue weighted by atomic mass is 10.2. The number of carbonyl (C=O) groups is 2. The number of hydrogen-bond acceptors (Lipinski definition) is 4. The maximum absolute atomic E-state index is 12.4. The summed E-state index contributed by atoms with van der Waals surface area (Å²) in [5.74, 6) is 0.0720. The van der Waals surface area contributed by atoms with Gasteiger partial charge in [-0.2, -0.15) is 0 Å². The molecule has 3 rings (SSSR count). The highest BCUT2D eigenvalue weighted by Gasteiger charge is 2.24. The highest BCUT2D eigenvalue weighted by Crippen LogP contribution is 2.34. The number of hydrogen-bond donors (Lipinski definition) is 1. The van der Waals surface area contributed by atoms with Crippen LogP contribution in [0.4, 0.5) is 11.4 Å². The highest BCUT2D eigenvalue weighted by atomic mass is 35.5. The number of rotatable bonds is 4. The van der Waals surface area contributed by atoms with Gasteiger partial charge in [0.1, 0.15) is 16.6 Å². The molecule has 0 unspecified atom stereocenters. The fourth-order valence-corrected chi connectivity index (χ4v) is 2.99. The standard InChI is InChI=1S/C17H15Cl2N3O3/c1-25-13-9-10(4-6-12(13)22-8-2-3-15(22)23)20-17(24)16-11(18)5-7-14(19)21-16/h4-7,9H,2-3,8H2,1H3,(H,20,24). The summed E-state index contributed by atoms with van der Waals surface area (Å²) in [6, 6.07) is 8.10. The first kappa shape index (κ1) is 17.5. The lowest BCUT2D eigenvalue weighted by Gasteiger charge is -2.19. The molecule has 6 nitrogen and oxygen atoms in total. The second-order valence-corrected chi connectivity index (χ2v) is 6.25. The Morgan fingerprint density at radius 2 is 2.08 bits per heavy atom. The highest BCUT2D eigenvalue weighted by molar-refractivity contribution is 6.35. The monoisotopic (exact) mass is 379 g/mol. The van der Waals surface area contributed by atoms with E-state index in [-0.39, 0.29) is 21.8 Å². The molecule has 0 radical (unpaired) electrons. The van der Waals surface area contributed by atoms with Gasteiger partial charge in [-0.3, -0.25) is 9.59 Å². The summed E-state index contributed by atoms with van der Waals surface area (Å²) >= 11 is 11.8. The minimum Gasteiger partial charge on any atom is -0.494 e. The molecule has 1 aromatic heterocycles. The molecule has 0 spiro atoms. The number of ether oxygens (including phenoxy) is 1. The smallest absolute Gasteiger partial charge is 0.275 e. The van der Waals surface area contributed by atoms with Gasteiger partial charge in [0.25, 0.3) is 5.91 Å². The summed E-state index contributed by atoms with van der Waals surface area (Å²) < 4.78 is 5.37. The van der Waals surface area contributed by atoms with Gasteiger partial charge in [0, 0.05) is 24.7 Å². The number of pyridine rings is 1. The molecule has 0 aliphatic carbocycles.